The quantitative estimate of drug-likeness (QED) is 0.503. The normalized spacial score (nSPS) is 10.2. The number of hydrogen-bond donors (Lipinski definition) is 2. The van der Waals surface area contributed by atoms with Crippen LogP contribution in [0.5, 0.6) is 0 Å². The lowest BCUT2D eigenvalue weighted by molar-refractivity contribution is 0.280. The Balaban J connectivity index is 2.44. The minimum absolute atomic E-state index is 0.205. The lowest BCUT2D eigenvalue weighted by atomic mass is 10.3. The minimum atomic E-state index is 0.205. The summed E-state index contributed by atoms with van der Waals surface area (Å²) in [5, 5.41) is 12.6. The lowest BCUT2D eigenvalue weighted by Crippen LogP contribution is -2.12. The fourth-order valence-electron chi connectivity index (χ4n) is 0.901. The highest BCUT2D eigenvalue weighted by molar-refractivity contribution is 7.80. The van der Waals surface area contributed by atoms with Gasteiger partial charge in [-0.1, -0.05) is 12.2 Å². The first kappa shape index (κ1) is 10.1. The van der Waals surface area contributed by atoms with Crippen molar-refractivity contribution in [3.05, 3.63) is 12.2 Å². The summed E-state index contributed by atoms with van der Waals surface area (Å²) >= 11 is 4.71. The Morgan fingerprint density at radius 2 is 2.38 bits per heavy atom. The number of hydrogen-bond acceptors (Lipinski definition) is 4. The molecule has 0 bridgehead atoms. The van der Waals surface area contributed by atoms with Gasteiger partial charge in [0.15, 0.2) is 0 Å². The van der Waals surface area contributed by atoms with Gasteiger partial charge in [-0.2, -0.15) is 0 Å². The van der Waals surface area contributed by atoms with E-state index < -0.39 is 0 Å². The van der Waals surface area contributed by atoms with Gasteiger partial charge in [-0.15, -0.1) is 5.10 Å². The molecule has 1 aromatic heterocycles. The summed E-state index contributed by atoms with van der Waals surface area (Å²) in [6, 6.07) is 0. The highest BCUT2D eigenvalue weighted by Crippen LogP contribution is 1.94. The molecular weight excluding hydrogens is 188 g/mol. The lowest BCUT2D eigenvalue weighted by Gasteiger charge is -1.97. The van der Waals surface area contributed by atoms with Crippen LogP contribution >= 0.6 is 12.2 Å². The second kappa shape index (κ2) is 4.88. The van der Waals surface area contributed by atoms with Crippen LogP contribution in [0.3, 0.4) is 0 Å². The smallest absolute Gasteiger partial charge is 0.208 e. The number of nitrogens with two attached hydrogens (primary N) is 1. The van der Waals surface area contributed by atoms with Crippen molar-refractivity contribution >= 4 is 17.2 Å². The van der Waals surface area contributed by atoms with Gasteiger partial charge in [0, 0.05) is 13.2 Å². The van der Waals surface area contributed by atoms with E-state index in [-0.39, 0.29) is 11.6 Å². The van der Waals surface area contributed by atoms with Crippen molar-refractivity contribution in [1.82, 2.24) is 14.8 Å². The number of nitrogens with zero attached hydrogens (tertiary/aromatic N) is 3. The number of aryl methyl sites for hydroxylation is 1. The molecule has 0 spiro atoms. The summed E-state index contributed by atoms with van der Waals surface area (Å²) in [7, 11) is 0. The largest absolute Gasteiger partial charge is 0.396 e. The Morgan fingerprint density at radius 1 is 1.62 bits per heavy atom. The Hall–Kier alpha value is -1.01. The fraction of sp³-hybridized carbons (Fsp3) is 0.571. The third-order valence-electron chi connectivity index (χ3n) is 1.55. The van der Waals surface area contributed by atoms with Crippen LogP contribution in [0.1, 0.15) is 18.7 Å². The van der Waals surface area contributed by atoms with Crippen LogP contribution in [0.25, 0.3) is 0 Å². The molecule has 5 nitrogen and oxygen atoms in total. The first-order valence-corrected chi connectivity index (χ1v) is 4.45. The molecule has 72 valence electrons. The van der Waals surface area contributed by atoms with E-state index in [4.69, 9.17) is 23.1 Å². The molecule has 0 atom stereocenters. The molecule has 0 aliphatic carbocycles. The maximum Gasteiger partial charge on any atom is 0.208 e. The molecule has 0 aliphatic heterocycles. The number of aromatic nitrogens is 3. The molecular formula is C7H12N4OS. The average Bonchev–Trinajstić information content (AvgIpc) is 2.53. The van der Waals surface area contributed by atoms with Crippen LogP contribution < -0.4 is 5.73 Å². The van der Waals surface area contributed by atoms with Crippen LogP contribution in [0.15, 0.2) is 6.33 Å². The highest BCUT2D eigenvalue weighted by atomic mass is 32.1. The molecule has 3 N–H and O–H groups in total. The van der Waals surface area contributed by atoms with Crippen molar-refractivity contribution in [3.8, 4) is 0 Å². The SMILES string of the molecule is NC(=S)c1ncn(CCCCO)n1. The van der Waals surface area contributed by atoms with Crippen LogP contribution in [0.2, 0.25) is 0 Å². The molecule has 0 radical (unpaired) electrons. The monoisotopic (exact) mass is 200 g/mol. The summed E-state index contributed by atoms with van der Waals surface area (Å²) in [5.74, 6) is 0.402. The minimum Gasteiger partial charge on any atom is -0.396 e. The number of unbranched alkanes of at least 4 members (excludes halogenated alkanes) is 1. The highest BCUT2D eigenvalue weighted by Gasteiger charge is 2.02. The Morgan fingerprint density at radius 3 is 2.92 bits per heavy atom. The predicted molar refractivity (Wildman–Crippen MR) is 52.2 cm³/mol. The second-order valence-corrected chi connectivity index (χ2v) is 3.07. The number of aliphatic hydroxyl groups is 1. The third-order valence-corrected chi connectivity index (χ3v) is 1.73. The van der Waals surface area contributed by atoms with Crippen molar-refractivity contribution < 1.29 is 5.11 Å². The molecule has 1 rings (SSSR count). The van der Waals surface area contributed by atoms with Gasteiger partial charge in [-0.05, 0) is 12.8 Å². The van der Waals surface area contributed by atoms with E-state index in [0.29, 0.717) is 5.82 Å². The van der Waals surface area contributed by atoms with Gasteiger partial charge in [0.2, 0.25) is 5.82 Å². The molecule has 0 saturated heterocycles. The van der Waals surface area contributed by atoms with E-state index in [1.54, 1.807) is 11.0 Å². The van der Waals surface area contributed by atoms with E-state index in [1.807, 2.05) is 0 Å². The van der Waals surface area contributed by atoms with Crippen molar-refractivity contribution in [2.75, 3.05) is 6.61 Å². The summed E-state index contributed by atoms with van der Waals surface area (Å²) in [6.07, 6.45) is 3.23. The van der Waals surface area contributed by atoms with E-state index in [0.717, 1.165) is 19.4 Å². The van der Waals surface area contributed by atoms with Crippen molar-refractivity contribution in [3.63, 3.8) is 0 Å². The molecule has 0 fully saturated rings. The molecule has 1 heterocycles. The topological polar surface area (TPSA) is 77.0 Å². The molecule has 0 aromatic carbocycles. The molecule has 13 heavy (non-hydrogen) atoms. The van der Waals surface area contributed by atoms with Gasteiger partial charge in [0.05, 0.1) is 0 Å². The summed E-state index contributed by atoms with van der Waals surface area (Å²) in [4.78, 5) is 4.13. The average molecular weight is 200 g/mol. The van der Waals surface area contributed by atoms with Crippen molar-refractivity contribution in [2.45, 2.75) is 19.4 Å². The van der Waals surface area contributed by atoms with Crippen molar-refractivity contribution in [1.29, 1.82) is 0 Å². The first-order valence-electron chi connectivity index (χ1n) is 4.04. The van der Waals surface area contributed by atoms with Gasteiger partial charge >= 0.3 is 0 Å². The Bertz CT molecular complexity index is 286. The fourth-order valence-corrected chi connectivity index (χ4v) is 0.994. The van der Waals surface area contributed by atoms with Crippen LogP contribution in [0.4, 0.5) is 0 Å². The zero-order valence-corrected chi connectivity index (χ0v) is 8.00. The van der Waals surface area contributed by atoms with Crippen LogP contribution in [-0.2, 0) is 6.54 Å². The van der Waals surface area contributed by atoms with Crippen molar-refractivity contribution in [2.24, 2.45) is 5.73 Å². The number of aliphatic hydroxyl groups excluding tert-OH is 1. The summed E-state index contributed by atoms with van der Waals surface area (Å²) < 4.78 is 1.67. The van der Waals surface area contributed by atoms with E-state index in [2.05, 4.69) is 10.1 Å². The number of thiocarbonyl (C=S) groups is 1. The van der Waals surface area contributed by atoms with Gasteiger partial charge in [0.25, 0.3) is 0 Å². The molecule has 0 amide bonds. The summed E-state index contributed by atoms with van der Waals surface area (Å²) in [6.45, 7) is 0.938. The maximum atomic E-state index is 8.55. The predicted octanol–water partition coefficient (Wildman–Crippen LogP) is -0.315. The second-order valence-electron chi connectivity index (χ2n) is 2.63. The zero-order valence-electron chi connectivity index (χ0n) is 7.18. The zero-order chi connectivity index (χ0) is 9.68. The van der Waals surface area contributed by atoms with Gasteiger partial charge in [0.1, 0.15) is 11.3 Å². The van der Waals surface area contributed by atoms with E-state index >= 15 is 0 Å². The van der Waals surface area contributed by atoms with Gasteiger partial charge < -0.3 is 10.8 Å². The molecule has 1 aromatic rings. The van der Waals surface area contributed by atoms with Crippen LogP contribution in [0, 0.1) is 0 Å². The molecule has 0 saturated carbocycles. The molecule has 0 aliphatic rings. The molecule has 0 unspecified atom stereocenters. The van der Waals surface area contributed by atoms with E-state index in [1.165, 1.54) is 0 Å². The molecule has 6 heteroatoms. The first-order chi connectivity index (χ1) is 6.24. The van der Waals surface area contributed by atoms with Gasteiger partial charge in [-0.3, -0.25) is 4.68 Å². The maximum absolute atomic E-state index is 8.55. The van der Waals surface area contributed by atoms with E-state index in [9.17, 15) is 0 Å². The van der Waals surface area contributed by atoms with Gasteiger partial charge in [-0.25, -0.2) is 4.98 Å². The number of rotatable bonds is 5. The third kappa shape index (κ3) is 3.08. The summed E-state index contributed by atoms with van der Waals surface area (Å²) in [5.41, 5.74) is 5.34. The Kier molecular flexibility index (Phi) is 3.78. The van der Waals surface area contributed by atoms with Crippen LogP contribution in [-0.4, -0.2) is 31.5 Å². The standard InChI is InChI=1S/C7H12N4OS/c8-6(13)7-9-5-11(10-7)3-1-2-4-12/h5,12H,1-4H2,(H2,8,13). The Labute approximate surface area is 81.6 Å².